The molecule has 4 rings (SSSR count). The maximum Gasteiger partial charge on any atom is 0.257 e. The summed E-state index contributed by atoms with van der Waals surface area (Å²) in [5.74, 6) is 2.81. The maximum absolute atomic E-state index is 12.9. The number of benzene rings is 1. The highest BCUT2D eigenvalue weighted by atomic mass is 16.5. The highest BCUT2D eigenvalue weighted by Crippen LogP contribution is 2.49. The Balaban J connectivity index is 1.54. The molecule has 2 fully saturated rings. The third-order valence-corrected chi connectivity index (χ3v) is 5.93. The summed E-state index contributed by atoms with van der Waals surface area (Å²) >= 11 is 0. The van der Waals surface area contributed by atoms with E-state index in [-0.39, 0.29) is 11.9 Å². The van der Waals surface area contributed by atoms with Crippen molar-refractivity contribution >= 4 is 5.91 Å². The summed E-state index contributed by atoms with van der Waals surface area (Å²) < 4.78 is 5.32. The van der Waals surface area contributed by atoms with Gasteiger partial charge < -0.3 is 9.84 Å². The summed E-state index contributed by atoms with van der Waals surface area (Å²) in [4.78, 5) is 12.9. The molecular weight excluding hydrogens is 300 g/mol. The number of hydrogen-bond acceptors (Lipinski definition) is 3. The lowest BCUT2D eigenvalue weighted by molar-refractivity contribution is 0.0914. The van der Waals surface area contributed by atoms with E-state index in [0.29, 0.717) is 22.9 Å². The molecule has 0 unspecified atom stereocenters. The zero-order valence-electron chi connectivity index (χ0n) is 14.3. The molecule has 0 saturated heterocycles. The van der Waals surface area contributed by atoms with Gasteiger partial charge in [0, 0.05) is 11.6 Å². The van der Waals surface area contributed by atoms with E-state index in [0.717, 1.165) is 17.4 Å². The van der Waals surface area contributed by atoms with Gasteiger partial charge in [0.15, 0.2) is 0 Å². The Bertz CT molecular complexity index is 737. The van der Waals surface area contributed by atoms with Crippen molar-refractivity contribution in [1.82, 2.24) is 10.5 Å². The topological polar surface area (TPSA) is 55.1 Å². The zero-order valence-corrected chi connectivity index (χ0v) is 14.3. The summed E-state index contributed by atoms with van der Waals surface area (Å²) in [6.45, 7) is 3.95. The number of aromatic nitrogens is 1. The zero-order chi connectivity index (χ0) is 16.7. The number of nitrogens with one attached hydrogen (secondary N) is 1. The number of carbonyl (C=O) groups is 1. The monoisotopic (exact) mass is 324 g/mol. The molecule has 1 aromatic heterocycles. The Kier molecular flexibility index (Phi) is 3.91. The summed E-state index contributed by atoms with van der Waals surface area (Å²) in [6, 6.07) is 9.94. The van der Waals surface area contributed by atoms with E-state index in [1.165, 1.54) is 25.7 Å². The van der Waals surface area contributed by atoms with Gasteiger partial charge in [-0.05, 0) is 50.9 Å². The molecule has 2 bridgehead atoms. The van der Waals surface area contributed by atoms with Gasteiger partial charge in [0.25, 0.3) is 5.91 Å². The van der Waals surface area contributed by atoms with E-state index in [1.807, 2.05) is 30.3 Å². The molecule has 2 saturated carbocycles. The molecule has 1 aromatic carbocycles. The van der Waals surface area contributed by atoms with Crippen molar-refractivity contribution < 1.29 is 9.32 Å². The van der Waals surface area contributed by atoms with Gasteiger partial charge in [-0.2, -0.15) is 0 Å². The van der Waals surface area contributed by atoms with E-state index in [4.69, 9.17) is 4.52 Å². The Morgan fingerprint density at radius 3 is 2.71 bits per heavy atom. The second kappa shape index (κ2) is 6.08. The van der Waals surface area contributed by atoms with Gasteiger partial charge in [-0.3, -0.25) is 4.79 Å². The fourth-order valence-corrected chi connectivity index (χ4v) is 4.72. The molecule has 24 heavy (non-hydrogen) atoms. The van der Waals surface area contributed by atoms with Gasteiger partial charge in [-0.25, -0.2) is 0 Å². The van der Waals surface area contributed by atoms with E-state index < -0.39 is 0 Å². The van der Waals surface area contributed by atoms with Crippen molar-refractivity contribution in [2.45, 2.75) is 45.6 Å². The number of aryl methyl sites for hydroxylation is 1. The van der Waals surface area contributed by atoms with Gasteiger partial charge in [-0.1, -0.05) is 41.9 Å². The minimum Gasteiger partial charge on any atom is -0.360 e. The molecule has 0 aliphatic heterocycles. The van der Waals surface area contributed by atoms with Gasteiger partial charge in [-0.15, -0.1) is 0 Å². The summed E-state index contributed by atoms with van der Waals surface area (Å²) in [6.07, 6.45) is 5.33. The summed E-state index contributed by atoms with van der Waals surface area (Å²) in [5, 5.41) is 7.34. The van der Waals surface area contributed by atoms with Crippen molar-refractivity contribution in [1.29, 1.82) is 0 Å². The molecule has 1 amide bonds. The lowest BCUT2D eigenvalue weighted by Gasteiger charge is -2.28. The van der Waals surface area contributed by atoms with E-state index in [9.17, 15) is 4.79 Å². The predicted octanol–water partition coefficient (Wildman–Crippen LogP) is 4.20. The maximum atomic E-state index is 12.9. The number of amides is 1. The Hall–Kier alpha value is -2.10. The molecule has 1 heterocycles. The van der Waals surface area contributed by atoms with Crippen LogP contribution in [0.25, 0.3) is 11.3 Å². The number of rotatable bonds is 4. The Morgan fingerprint density at radius 2 is 2.04 bits per heavy atom. The van der Waals surface area contributed by atoms with Crippen LogP contribution in [0, 0.1) is 24.7 Å². The highest BCUT2D eigenvalue weighted by molar-refractivity contribution is 6.00. The lowest BCUT2D eigenvalue weighted by Crippen LogP contribution is -2.40. The normalized spacial score (nSPS) is 26.5. The first-order valence-electron chi connectivity index (χ1n) is 8.96. The third kappa shape index (κ3) is 2.64. The van der Waals surface area contributed by atoms with Crippen LogP contribution in [0.15, 0.2) is 34.9 Å². The quantitative estimate of drug-likeness (QED) is 0.917. The molecular formula is C20H24N2O2. The lowest BCUT2D eigenvalue weighted by atomic mass is 9.84. The second-order valence-corrected chi connectivity index (χ2v) is 7.43. The molecule has 0 radical (unpaired) electrons. The van der Waals surface area contributed by atoms with Gasteiger partial charge in [0.05, 0.1) is 0 Å². The van der Waals surface area contributed by atoms with Crippen LogP contribution in [-0.4, -0.2) is 17.1 Å². The third-order valence-electron chi connectivity index (χ3n) is 5.93. The molecule has 2 aliphatic rings. The second-order valence-electron chi connectivity index (χ2n) is 7.43. The van der Waals surface area contributed by atoms with Crippen LogP contribution < -0.4 is 5.32 Å². The first kappa shape index (κ1) is 15.4. The van der Waals surface area contributed by atoms with Crippen LogP contribution >= 0.6 is 0 Å². The van der Waals surface area contributed by atoms with Crippen molar-refractivity contribution in [3.8, 4) is 11.3 Å². The highest BCUT2D eigenvalue weighted by Gasteiger charge is 2.42. The first-order chi connectivity index (χ1) is 11.6. The number of nitrogens with zero attached hydrogens (tertiary/aromatic N) is 1. The number of fused-ring (bicyclic) bond motifs is 2. The average Bonchev–Trinajstić information content (AvgIpc) is 3.30. The molecule has 4 nitrogen and oxygen atoms in total. The first-order valence-corrected chi connectivity index (χ1v) is 8.96. The largest absolute Gasteiger partial charge is 0.360 e. The molecule has 2 aliphatic carbocycles. The average molecular weight is 324 g/mol. The minimum atomic E-state index is -0.0668. The Morgan fingerprint density at radius 1 is 1.25 bits per heavy atom. The van der Waals surface area contributed by atoms with Crippen LogP contribution in [0.1, 0.15) is 48.7 Å². The standard InChI is InChI=1S/C20H24N2O2/c1-12(17-11-14-8-9-16(17)10-14)21-20(23)18-13(2)24-22-19(18)15-6-4-3-5-7-15/h3-7,12,14,16-17H,8-11H2,1-2H3,(H,21,23)/t12-,14-,16-,17+/m0/s1. The fourth-order valence-electron chi connectivity index (χ4n) is 4.72. The molecule has 126 valence electrons. The fraction of sp³-hybridized carbons (Fsp3) is 0.500. The molecule has 1 N–H and O–H groups in total. The predicted molar refractivity (Wildman–Crippen MR) is 92.5 cm³/mol. The SMILES string of the molecule is Cc1onc(-c2ccccc2)c1C(=O)N[C@@H](C)[C@H]1C[C@H]2CC[C@H]1C2. The molecule has 0 spiro atoms. The van der Waals surface area contributed by atoms with Crippen molar-refractivity contribution in [3.63, 3.8) is 0 Å². The van der Waals surface area contributed by atoms with Crippen LogP contribution in [0.2, 0.25) is 0 Å². The van der Waals surface area contributed by atoms with E-state index in [2.05, 4.69) is 17.4 Å². The van der Waals surface area contributed by atoms with Gasteiger partial charge >= 0.3 is 0 Å². The van der Waals surface area contributed by atoms with Gasteiger partial charge in [0.1, 0.15) is 17.0 Å². The summed E-state index contributed by atoms with van der Waals surface area (Å²) in [7, 11) is 0. The summed E-state index contributed by atoms with van der Waals surface area (Å²) in [5.41, 5.74) is 2.11. The van der Waals surface area contributed by atoms with Crippen molar-refractivity contribution in [2.75, 3.05) is 0 Å². The van der Waals surface area contributed by atoms with Crippen LogP contribution in [-0.2, 0) is 0 Å². The van der Waals surface area contributed by atoms with Crippen LogP contribution in [0.5, 0.6) is 0 Å². The van der Waals surface area contributed by atoms with E-state index >= 15 is 0 Å². The van der Waals surface area contributed by atoms with Gasteiger partial charge in [0.2, 0.25) is 0 Å². The smallest absolute Gasteiger partial charge is 0.257 e. The van der Waals surface area contributed by atoms with E-state index in [1.54, 1.807) is 6.92 Å². The molecule has 2 aromatic rings. The van der Waals surface area contributed by atoms with Crippen LogP contribution in [0.3, 0.4) is 0 Å². The molecule has 4 atom stereocenters. The van der Waals surface area contributed by atoms with Crippen molar-refractivity contribution in [2.24, 2.45) is 17.8 Å². The Labute approximate surface area is 142 Å². The minimum absolute atomic E-state index is 0.0668. The number of carbonyl (C=O) groups excluding carboxylic acids is 1. The number of hydrogen-bond donors (Lipinski definition) is 1. The van der Waals surface area contributed by atoms with Crippen molar-refractivity contribution in [3.05, 3.63) is 41.7 Å². The van der Waals surface area contributed by atoms with Crippen LogP contribution in [0.4, 0.5) is 0 Å². The molecule has 4 heteroatoms.